The molecule has 1 aromatic rings. The number of carboxylic acid groups (broad SMARTS) is 1. The molecule has 3 nitrogen and oxygen atoms in total. The van der Waals surface area contributed by atoms with E-state index in [9.17, 15) is 9.18 Å². The van der Waals surface area contributed by atoms with Crippen LogP contribution in [0.3, 0.4) is 0 Å². The maximum absolute atomic E-state index is 13.8. The van der Waals surface area contributed by atoms with E-state index in [4.69, 9.17) is 5.11 Å². The predicted octanol–water partition coefficient (Wildman–Crippen LogP) is 2.05. The lowest BCUT2D eigenvalue weighted by Gasteiger charge is -2.33. The SMILES string of the molecule is O=C(O)C1CC2CCc3cccc(F)c3N2C1. The lowest BCUT2D eigenvalue weighted by molar-refractivity contribution is -0.141. The van der Waals surface area contributed by atoms with Crippen molar-refractivity contribution in [1.82, 2.24) is 0 Å². The van der Waals surface area contributed by atoms with Crippen LogP contribution in [0.4, 0.5) is 10.1 Å². The Morgan fingerprint density at radius 2 is 2.29 bits per heavy atom. The molecule has 2 heterocycles. The molecule has 90 valence electrons. The predicted molar refractivity (Wildman–Crippen MR) is 61.6 cm³/mol. The third kappa shape index (κ3) is 1.59. The monoisotopic (exact) mass is 235 g/mol. The van der Waals surface area contributed by atoms with Crippen LogP contribution in [0.5, 0.6) is 0 Å². The molecule has 1 saturated heterocycles. The van der Waals surface area contributed by atoms with E-state index in [-0.39, 0.29) is 17.8 Å². The number of anilines is 1. The first kappa shape index (κ1) is 10.6. The quantitative estimate of drug-likeness (QED) is 0.810. The molecule has 2 unspecified atom stereocenters. The van der Waals surface area contributed by atoms with Crippen LogP contribution in [0.1, 0.15) is 18.4 Å². The van der Waals surface area contributed by atoms with Crippen molar-refractivity contribution in [3.63, 3.8) is 0 Å². The van der Waals surface area contributed by atoms with E-state index in [0.717, 1.165) is 18.4 Å². The Hall–Kier alpha value is -1.58. The van der Waals surface area contributed by atoms with Crippen LogP contribution in [0.2, 0.25) is 0 Å². The number of para-hydroxylation sites is 1. The summed E-state index contributed by atoms with van der Waals surface area (Å²) in [7, 11) is 0. The van der Waals surface area contributed by atoms with E-state index in [1.165, 1.54) is 6.07 Å². The van der Waals surface area contributed by atoms with E-state index < -0.39 is 5.97 Å². The van der Waals surface area contributed by atoms with Gasteiger partial charge in [0.05, 0.1) is 11.6 Å². The minimum absolute atomic E-state index is 0.195. The summed E-state index contributed by atoms with van der Waals surface area (Å²) in [5, 5.41) is 9.06. The molecule has 17 heavy (non-hydrogen) atoms. The Labute approximate surface area is 98.9 Å². The number of carbonyl (C=O) groups is 1. The molecule has 2 atom stereocenters. The Morgan fingerprint density at radius 1 is 1.47 bits per heavy atom. The van der Waals surface area contributed by atoms with Crippen molar-refractivity contribution >= 4 is 11.7 Å². The molecule has 0 radical (unpaired) electrons. The minimum Gasteiger partial charge on any atom is -0.481 e. The van der Waals surface area contributed by atoms with Gasteiger partial charge in [-0.25, -0.2) is 4.39 Å². The fourth-order valence-corrected chi connectivity index (χ4v) is 3.05. The Bertz CT molecular complexity index is 474. The number of hydrogen-bond acceptors (Lipinski definition) is 2. The highest BCUT2D eigenvalue weighted by molar-refractivity contribution is 5.73. The molecule has 0 amide bonds. The molecule has 4 heteroatoms. The van der Waals surface area contributed by atoms with Crippen molar-refractivity contribution in [1.29, 1.82) is 0 Å². The van der Waals surface area contributed by atoms with Crippen molar-refractivity contribution in [2.45, 2.75) is 25.3 Å². The zero-order chi connectivity index (χ0) is 12.0. The van der Waals surface area contributed by atoms with E-state index in [1.807, 2.05) is 11.0 Å². The van der Waals surface area contributed by atoms with Crippen LogP contribution in [-0.2, 0) is 11.2 Å². The summed E-state index contributed by atoms with van der Waals surface area (Å²) in [4.78, 5) is 13.0. The standard InChI is InChI=1S/C13H14FNO2/c14-11-3-1-2-8-4-5-10-6-9(13(16)17)7-15(10)12(8)11/h1-3,9-10H,4-7H2,(H,16,17). The van der Waals surface area contributed by atoms with Crippen LogP contribution in [0, 0.1) is 11.7 Å². The molecular formula is C13H14FNO2. The molecule has 1 aromatic carbocycles. The van der Waals surface area contributed by atoms with Gasteiger partial charge in [-0.1, -0.05) is 12.1 Å². The van der Waals surface area contributed by atoms with Gasteiger partial charge >= 0.3 is 5.97 Å². The summed E-state index contributed by atoms with van der Waals surface area (Å²) >= 11 is 0. The average Bonchev–Trinajstić information content (AvgIpc) is 2.73. The molecule has 0 spiro atoms. The van der Waals surface area contributed by atoms with Crippen LogP contribution >= 0.6 is 0 Å². The summed E-state index contributed by atoms with van der Waals surface area (Å²) in [6.45, 7) is 0.438. The second kappa shape index (κ2) is 3.72. The minimum atomic E-state index is -0.766. The number of rotatable bonds is 1. The van der Waals surface area contributed by atoms with Gasteiger partial charge in [0.25, 0.3) is 0 Å². The zero-order valence-electron chi connectivity index (χ0n) is 9.40. The van der Waals surface area contributed by atoms with Gasteiger partial charge in [0.2, 0.25) is 0 Å². The van der Waals surface area contributed by atoms with Crippen molar-refractivity contribution in [3.05, 3.63) is 29.6 Å². The van der Waals surface area contributed by atoms with Gasteiger partial charge in [0.1, 0.15) is 5.82 Å². The van der Waals surface area contributed by atoms with E-state index in [1.54, 1.807) is 6.07 Å². The third-order valence-corrected chi connectivity index (χ3v) is 3.87. The lowest BCUT2D eigenvalue weighted by atomic mass is 9.95. The molecule has 2 aliphatic rings. The van der Waals surface area contributed by atoms with Gasteiger partial charge in [-0.2, -0.15) is 0 Å². The van der Waals surface area contributed by atoms with Gasteiger partial charge in [0, 0.05) is 12.6 Å². The van der Waals surface area contributed by atoms with Crippen LogP contribution < -0.4 is 4.90 Å². The third-order valence-electron chi connectivity index (χ3n) is 3.87. The topological polar surface area (TPSA) is 40.5 Å². The highest BCUT2D eigenvalue weighted by Crippen LogP contribution is 2.39. The van der Waals surface area contributed by atoms with Crippen LogP contribution in [-0.4, -0.2) is 23.7 Å². The summed E-state index contributed by atoms with van der Waals surface area (Å²) in [6, 6.07) is 5.30. The summed E-state index contributed by atoms with van der Waals surface area (Å²) < 4.78 is 13.8. The molecule has 0 bridgehead atoms. The number of nitrogens with zero attached hydrogens (tertiary/aromatic N) is 1. The normalized spacial score (nSPS) is 26.5. The van der Waals surface area contributed by atoms with Crippen LogP contribution in [0.15, 0.2) is 18.2 Å². The van der Waals surface area contributed by atoms with E-state index in [0.29, 0.717) is 18.7 Å². The summed E-state index contributed by atoms with van der Waals surface area (Å²) in [6.07, 6.45) is 2.42. The fourth-order valence-electron chi connectivity index (χ4n) is 3.05. The largest absolute Gasteiger partial charge is 0.481 e. The first-order chi connectivity index (χ1) is 8.16. The molecule has 1 N–H and O–H groups in total. The number of halogens is 1. The number of carboxylic acids is 1. The van der Waals surface area contributed by atoms with Crippen molar-refractivity contribution in [3.8, 4) is 0 Å². The zero-order valence-corrected chi connectivity index (χ0v) is 9.40. The Balaban J connectivity index is 1.98. The number of benzene rings is 1. The molecular weight excluding hydrogens is 221 g/mol. The first-order valence-electron chi connectivity index (χ1n) is 5.93. The molecule has 2 aliphatic heterocycles. The highest BCUT2D eigenvalue weighted by Gasteiger charge is 2.39. The van der Waals surface area contributed by atoms with Gasteiger partial charge in [-0.05, 0) is 30.9 Å². The second-order valence-electron chi connectivity index (χ2n) is 4.86. The Morgan fingerprint density at radius 3 is 3.06 bits per heavy atom. The van der Waals surface area contributed by atoms with Crippen molar-refractivity contribution in [2.24, 2.45) is 5.92 Å². The highest BCUT2D eigenvalue weighted by atomic mass is 19.1. The maximum atomic E-state index is 13.8. The fraction of sp³-hybridized carbons (Fsp3) is 0.462. The average molecular weight is 235 g/mol. The second-order valence-corrected chi connectivity index (χ2v) is 4.86. The van der Waals surface area contributed by atoms with Gasteiger partial charge in [-0.15, -0.1) is 0 Å². The van der Waals surface area contributed by atoms with E-state index in [2.05, 4.69) is 0 Å². The molecule has 0 aromatic heterocycles. The van der Waals surface area contributed by atoms with E-state index >= 15 is 0 Å². The first-order valence-corrected chi connectivity index (χ1v) is 5.93. The molecule has 1 fully saturated rings. The van der Waals surface area contributed by atoms with Gasteiger partial charge < -0.3 is 10.0 Å². The molecule has 3 rings (SSSR count). The molecule has 0 aliphatic carbocycles. The maximum Gasteiger partial charge on any atom is 0.308 e. The molecule has 0 saturated carbocycles. The van der Waals surface area contributed by atoms with Gasteiger partial charge in [-0.3, -0.25) is 4.79 Å². The number of aliphatic carboxylic acids is 1. The van der Waals surface area contributed by atoms with Crippen LogP contribution in [0.25, 0.3) is 0 Å². The number of aryl methyl sites for hydroxylation is 1. The Kier molecular flexibility index (Phi) is 2.31. The van der Waals surface area contributed by atoms with Crippen molar-refractivity contribution < 1.29 is 14.3 Å². The number of hydrogen-bond donors (Lipinski definition) is 1. The van der Waals surface area contributed by atoms with Gasteiger partial charge in [0.15, 0.2) is 0 Å². The van der Waals surface area contributed by atoms with Crippen molar-refractivity contribution in [2.75, 3.05) is 11.4 Å². The summed E-state index contributed by atoms with van der Waals surface area (Å²) in [5.41, 5.74) is 1.64. The lowest BCUT2D eigenvalue weighted by Crippen LogP contribution is -2.35. The number of fused-ring (bicyclic) bond motifs is 3. The summed E-state index contributed by atoms with van der Waals surface area (Å²) in [5.74, 6) is -1.35. The smallest absolute Gasteiger partial charge is 0.308 e.